The van der Waals surface area contributed by atoms with E-state index in [1.807, 2.05) is 54.6 Å². The van der Waals surface area contributed by atoms with E-state index in [0.717, 1.165) is 16.7 Å². The number of hydrogen-bond acceptors (Lipinski definition) is 1. The van der Waals surface area contributed by atoms with Gasteiger partial charge in [0.1, 0.15) is 0 Å². The highest BCUT2D eigenvalue weighted by Crippen LogP contribution is 2.37. The summed E-state index contributed by atoms with van der Waals surface area (Å²) in [6.07, 6.45) is -4.47. The van der Waals surface area contributed by atoms with E-state index >= 15 is 0 Å². The van der Waals surface area contributed by atoms with Crippen molar-refractivity contribution in [3.05, 3.63) is 78.9 Å². The fourth-order valence-corrected chi connectivity index (χ4v) is 2.57. The zero-order chi connectivity index (χ0) is 16.3. The van der Waals surface area contributed by atoms with E-state index in [4.69, 9.17) is 0 Å². The third kappa shape index (κ3) is 3.54. The van der Waals surface area contributed by atoms with Crippen LogP contribution in [0.25, 0.3) is 22.3 Å². The van der Waals surface area contributed by atoms with Crippen LogP contribution in [0.5, 0.6) is 0 Å². The van der Waals surface area contributed by atoms with Crippen LogP contribution < -0.4 is 5.32 Å². The first kappa shape index (κ1) is 15.2. The van der Waals surface area contributed by atoms with Crippen molar-refractivity contribution < 1.29 is 13.2 Å². The first-order chi connectivity index (χ1) is 11.0. The first-order valence-electron chi connectivity index (χ1n) is 7.13. The van der Waals surface area contributed by atoms with E-state index < -0.39 is 6.30 Å². The Morgan fingerprint density at radius 3 is 1.74 bits per heavy atom. The maximum absolute atomic E-state index is 12.7. The Labute approximate surface area is 132 Å². The maximum atomic E-state index is 12.7. The van der Waals surface area contributed by atoms with Gasteiger partial charge in [-0.1, -0.05) is 72.8 Å². The predicted octanol–water partition coefficient (Wildman–Crippen LogP) is 5.95. The first-order valence-corrected chi connectivity index (χ1v) is 7.13. The van der Waals surface area contributed by atoms with Crippen molar-refractivity contribution in [1.82, 2.24) is 0 Å². The Morgan fingerprint density at radius 2 is 1.09 bits per heavy atom. The summed E-state index contributed by atoms with van der Waals surface area (Å²) in [6, 6.07) is 23.5. The van der Waals surface area contributed by atoms with E-state index in [1.165, 1.54) is 6.07 Å². The lowest BCUT2D eigenvalue weighted by atomic mass is 9.94. The third-order valence-corrected chi connectivity index (χ3v) is 3.51. The van der Waals surface area contributed by atoms with Crippen LogP contribution >= 0.6 is 0 Å². The summed E-state index contributed by atoms with van der Waals surface area (Å²) < 4.78 is 38.2. The van der Waals surface area contributed by atoms with Gasteiger partial charge in [-0.2, -0.15) is 13.2 Å². The average Bonchev–Trinajstić information content (AvgIpc) is 2.55. The van der Waals surface area contributed by atoms with Gasteiger partial charge in [-0.3, -0.25) is 5.32 Å². The molecule has 3 aromatic carbocycles. The molecular weight excluding hydrogens is 299 g/mol. The molecule has 4 heteroatoms. The van der Waals surface area contributed by atoms with Crippen molar-refractivity contribution in [2.45, 2.75) is 6.30 Å². The highest BCUT2D eigenvalue weighted by atomic mass is 19.4. The molecule has 0 spiro atoms. The fourth-order valence-electron chi connectivity index (χ4n) is 2.57. The van der Waals surface area contributed by atoms with Gasteiger partial charge < -0.3 is 0 Å². The quantitative estimate of drug-likeness (QED) is 0.589. The van der Waals surface area contributed by atoms with Crippen molar-refractivity contribution in [3.8, 4) is 22.3 Å². The molecule has 116 valence electrons. The van der Waals surface area contributed by atoms with Gasteiger partial charge in [0.05, 0.1) is 0 Å². The van der Waals surface area contributed by atoms with Crippen molar-refractivity contribution in [3.63, 3.8) is 0 Å². The zero-order valence-corrected chi connectivity index (χ0v) is 12.1. The summed E-state index contributed by atoms with van der Waals surface area (Å²) in [4.78, 5) is 0. The van der Waals surface area contributed by atoms with Crippen molar-refractivity contribution in [2.75, 3.05) is 5.32 Å². The Hall–Kier alpha value is -2.75. The van der Waals surface area contributed by atoms with Gasteiger partial charge in [-0.05, 0) is 22.8 Å². The number of hydrogen-bond donors (Lipinski definition) is 1. The van der Waals surface area contributed by atoms with Crippen LogP contribution in [-0.4, -0.2) is 6.30 Å². The molecule has 0 heterocycles. The van der Waals surface area contributed by atoms with Gasteiger partial charge >= 0.3 is 6.30 Å². The number of halogens is 3. The number of alkyl halides is 3. The molecule has 3 aromatic rings. The Balaban J connectivity index is 2.14. The smallest absolute Gasteiger partial charge is 0.297 e. The summed E-state index contributed by atoms with van der Waals surface area (Å²) >= 11 is 0. The van der Waals surface area contributed by atoms with Crippen molar-refractivity contribution >= 4 is 5.69 Å². The van der Waals surface area contributed by atoms with Crippen LogP contribution in [0.15, 0.2) is 78.9 Å². The molecule has 23 heavy (non-hydrogen) atoms. The van der Waals surface area contributed by atoms with Crippen molar-refractivity contribution in [2.24, 2.45) is 0 Å². The Bertz CT molecular complexity index is 795. The lowest BCUT2D eigenvalue weighted by molar-refractivity contribution is -0.0998. The Morgan fingerprint density at radius 1 is 0.565 bits per heavy atom. The molecule has 0 aromatic heterocycles. The van der Waals surface area contributed by atoms with Crippen LogP contribution in [0.1, 0.15) is 0 Å². The lowest BCUT2D eigenvalue weighted by Gasteiger charge is -2.17. The van der Waals surface area contributed by atoms with Gasteiger partial charge in [0.15, 0.2) is 0 Å². The number of benzene rings is 3. The number of nitrogens with one attached hydrogen (secondary N) is 1. The SMILES string of the molecule is FC(F)(F)Nc1ccccc1-c1ccccc1-c1ccccc1. The van der Waals surface area contributed by atoms with Crippen molar-refractivity contribution in [1.29, 1.82) is 0 Å². The molecule has 1 N–H and O–H groups in total. The molecule has 0 saturated heterocycles. The number of rotatable bonds is 3. The summed E-state index contributed by atoms with van der Waals surface area (Å²) in [5.41, 5.74) is 3.17. The van der Waals surface area contributed by atoms with E-state index in [-0.39, 0.29) is 5.69 Å². The fraction of sp³-hybridized carbons (Fsp3) is 0.0526. The Kier molecular flexibility index (Phi) is 4.06. The van der Waals surface area contributed by atoms with Crippen LogP contribution in [0.2, 0.25) is 0 Å². The highest BCUT2D eigenvalue weighted by molar-refractivity contribution is 5.89. The summed E-state index contributed by atoms with van der Waals surface area (Å²) in [6.45, 7) is 0. The van der Waals surface area contributed by atoms with Gasteiger partial charge in [0, 0.05) is 11.3 Å². The van der Waals surface area contributed by atoms with Crippen LogP contribution in [0.3, 0.4) is 0 Å². The molecule has 1 nitrogen and oxygen atoms in total. The standard InChI is InChI=1S/C19H14F3N/c20-19(21,22)23-18-13-7-6-12-17(18)16-11-5-4-10-15(16)14-8-2-1-3-9-14/h1-13,23H. The molecule has 0 aliphatic rings. The topological polar surface area (TPSA) is 12.0 Å². The number of para-hydroxylation sites is 1. The average molecular weight is 313 g/mol. The summed E-state index contributed by atoms with van der Waals surface area (Å²) in [5.74, 6) is 0. The summed E-state index contributed by atoms with van der Waals surface area (Å²) in [7, 11) is 0. The minimum atomic E-state index is -4.47. The second-order valence-corrected chi connectivity index (χ2v) is 5.08. The van der Waals surface area contributed by atoms with E-state index in [9.17, 15) is 13.2 Å². The van der Waals surface area contributed by atoms with Gasteiger partial charge in [-0.15, -0.1) is 0 Å². The minimum absolute atomic E-state index is 0.0448. The molecule has 0 saturated carbocycles. The molecular formula is C19H14F3N. The largest absolute Gasteiger partial charge is 0.482 e. The highest BCUT2D eigenvalue weighted by Gasteiger charge is 2.28. The minimum Gasteiger partial charge on any atom is -0.297 e. The summed E-state index contributed by atoms with van der Waals surface area (Å²) in [5, 5.41) is 1.63. The second kappa shape index (κ2) is 6.16. The normalized spacial score (nSPS) is 11.3. The second-order valence-electron chi connectivity index (χ2n) is 5.08. The molecule has 0 unspecified atom stereocenters. The molecule has 0 aliphatic carbocycles. The van der Waals surface area contributed by atoms with Gasteiger partial charge in [0.2, 0.25) is 0 Å². The molecule has 0 fully saturated rings. The third-order valence-electron chi connectivity index (χ3n) is 3.51. The number of anilines is 1. The monoisotopic (exact) mass is 313 g/mol. The van der Waals surface area contributed by atoms with E-state index in [2.05, 4.69) is 0 Å². The zero-order valence-electron chi connectivity index (χ0n) is 12.1. The molecule has 0 bridgehead atoms. The molecule has 0 radical (unpaired) electrons. The molecule has 0 amide bonds. The van der Waals surface area contributed by atoms with Gasteiger partial charge in [0.25, 0.3) is 0 Å². The lowest BCUT2D eigenvalue weighted by Crippen LogP contribution is -2.21. The van der Waals surface area contributed by atoms with Gasteiger partial charge in [-0.25, -0.2) is 0 Å². The van der Waals surface area contributed by atoms with Crippen LogP contribution in [-0.2, 0) is 0 Å². The predicted molar refractivity (Wildman–Crippen MR) is 87.0 cm³/mol. The van der Waals surface area contributed by atoms with E-state index in [1.54, 1.807) is 23.5 Å². The van der Waals surface area contributed by atoms with E-state index in [0.29, 0.717) is 5.56 Å². The van der Waals surface area contributed by atoms with Crippen LogP contribution in [0.4, 0.5) is 18.9 Å². The maximum Gasteiger partial charge on any atom is 0.482 e. The molecule has 0 aliphatic heterocycles. The van der Waals surface area contributed by atoms with Crippen LogP contribution in [0, 0.1) is 0 Å². The molecule has 0 atom stereocenters. The molecule has 3 rings (SSSR count).